The normalized spacial score (nSPS) is 12.1. The smallest absolute Gasteiger partial charge is 0.309 e. The number of carbonyl (C=O) groups excluding carboxylic acids is 1. The molecule has 1 amide bonds. The van der Waals surface area contributed by atoms with Crippen molar-refractivity contribution >= 4 is 35.0 Å². The summed E-state index contributed by atoms with van der Waals surface area (Å²) >= 11 is 2.72. The molecule has 1 aromatic rings. The van der Waals surface area contributed by atoms with Crippen molar-refractivity contribution in [2.75, 3.05) is 6.54 Å². The molecule has 0 aliphatic carbocycles. The highest BCUT2D eigenvalue weighted by atomic mass is 32.2. The molecule has 1 rings (SSSR count). The summed E-state index contributed by atoms with van der Waals surface area (Å²) in [6.45, 7) is 4.48. The van der Waals surface area contributed by atoms with Gasteiger partial charge in [0.1, 0.15) is 0 Å². The molecule has 0 spiro atoms. The number of carbonyl (C=O) groups is 2. The fourth-order valence-corrected chi connectivity index (χ4v) is 3.18. The molecule has 5 nitrogen and oxygen atoms in total. The van der Waals surface area contributed by atoms with Crippen LogP contribution in [0.4, 0.5) is 0 Å². The fourth-order valence-electron chi connectivity index (χ4n) is 1.18. The number of carboxylic acids is 1. The molecule has 0 saturated heterocycles. The highest BCUT2D eigenvalue weighted by Crippen LogP contribution is 2.27. The van der Waals surface area contributed by atoms with Gasteiger partial charge in [0.15, 0.2) is 4.34 Å². The molecule has 0 saturated carbocycles. The summed E-state index contributed by atoms with van der Waals surface area (Å²) < 4.78 is 0.727. The van der Waals surface area contributed by atoms with Crippen molar-refractivity contribution in [3.63, 3.8) is 0 Å². The number of hydrogen-bond donors (Lipinski definition) is 2. The van der Waals surface area contributed by atoms with Gasteiger partial charge in [-0.2, -0.15) is 0 Å². The molecule has 2 N–H and O–H groups in total. The van der Waals surface area contributed by atoms with Crippen molar-refractivity contribution in [2.45, 2.75) is 36.3 Å². The Balaban J connectivity index is 2.48. The van der Waals surface area contributed by atoms with Crippen LogP contribution in [0, 0.1) is 0 Å². The Bertz CT molecular complexity index is 420. The minimum absolute atomic E-state index is 0.0168. The number of hydrogen-bond acceptors (Lipinski definition) is 5. The first-order valence-corrected chi connectivity index (χ1v) is 7.39. The van der Waals surface area contributed by atoms with Gasteiger partial charge in [-0.25, -0.2) is 4.98 Å². The Kier molecular flexibility index (Phi) is 6.14. The molecule has 0 aliphatic rings. The third kappa shape index (κ3) is 5.05. The average molecular weight is 288 g/mol. The van der Waals surface area contributed by atoms with E-state index in [-0.39, 0.29) is 17.6 Å². The van der Waals surface area contributed by atoms with Crippen molar-refractivity contribution in [2.24, 2.45) is 0 Å². The van der Waals surface area contributed by atoms with E-state index < -0.39 is 5.97 Å². The van der Waals surface area contributed by atoms with Gasteiger partial charge in [0.05, 0.1) is 17.4 Å². The van der Waals surface area contributed by atoms with Crippen molar-refractivity contribution in [1.29, 1.82) is 0 Å². The maximum absolute atomic E-state index is 11.6. The van der Waals surface area contributed by atoms with E-state index in [1.165, 1.54) is 23.1 Å². The molecular formula is C11H16N2O3S2. The van der Waals surface area contributed by atoms with Crippen LogP contribution in [0.5, 0.6) is 0 Å². The molecule has 0 radical (unpaired) electrons. The number of amides is 1. The molecule has 18 heavy (non-hydrogen) atoms. The predicted molar refractivity (Wildman–Crippen MR) is 72.1 cm³/mol. The lowest BCUT2D eigenvalue weighted by molar-refractivity contribution is -0.136. The molecule has 1 aromatic heterocycles. The molecule has 100 valence electrons. The zero-order valence-electron chi connectivity index (χ0n) is 10.3. The number of thiazole rings is 1. The molecule has 0 fully saturated rings. The summed E-state index contributed by atoms with van der Waals surface area (Å²) in [6, 6.07) is 0. The third-order valence-corrected chi connectivity index (χ3v) is 4.18. The van der Waals surface area contributed by atoms with Crippen LogP contribution in [-0.4, -0.2) is 33.8 Å². The molecule has 1 unspecified atom stereocenters. The first-order valence-electron chi connectivity index (χ1n) is 5.63. The summed E-state index contributed by atoms with van der Waals surface area (Å²) in [5.74, 6) is -0.914. The summed E-state index contributed by atoms with van der Waals surface area (Å²) in [6.07, 6.45) is 0.830. The Morgan fingerprint density at radius 2 is 2.33 bits per heavy atom. The van der Waals surface area contributed by atoms with E-state index in [0.29, 0.717) is 12.2 Å². The van der Waals surface area contributed by atoms with Gasteiger partial charge in [-0.1, -0.05) is 18.7 Å². The van der Waals surface area contributed by atoms with Gasteiger partial charge in [-0.15, -0.1) is 11.3 Å². The topological polar surface area (TPSA) is 79.3 Å². The quantitative estimate of drug-likeness (QED) is 0.748. The molecule has 1 atom stereocenters. The standard InChI is InChI=1S/C11H16N2O3S2/c1-3-4-12-10(16)7(2)18-11-13-8(6-17-11)5-9(14)15/h6-7H,3-5H2,1-2H3,(H,12,16)(H,14,15). The van der Waals surface area contributed by atoms with Crippen LogP contribution in [0.1, 0.15) is 26.0 Å². The van der Waals surface area contributed by atoms with Gasteiger partial charge in [0.25, 0.3) is 0 Å². The molecule has 0 aliphatic heterocycles. The number of carboxylic acid groups (broad SMARTS) is 1. The molecule has 1 heterocycles. The van der Waals surface area contributed by atoms with Crippen molar-refractivity contribution in [3.05, 3.63) is 11.1 Å². The van der Waals surface area contributed by atoms with E-state index in [1.54, 1.807) is 5.38 Å². The lowest BCUT2D eigenvalue weighted by Crippen LogP contribution is -2.31. The van der Waals surface area contributed by atoms with Gasteiger partial charge >= 0.3 is 5.97 Å². The summed E-state index contributed by atoms with van der Waals surface area (Å²) in [5, 5.41) is 12.9. The summed E-state index contributed by atoms with van der Waals surface area (Å²) in [4.78, 5) is 26.3. The van der Waals surface area contributed by atoms with Crippen LogP contribution in [0.15, 0.2) is 9.72 Å². The highest BCUT2D eigenvalue weighted by Gasteiger charge is 2.16. The monoisotopic (exact) mass is 288 g/mol. The first-order chi connectivity index (χ1) is 8.52. The van der Waals surface area contributed by atoms with Crippen molar-refractivity contribution < 1.29 is 14.7 Å². The Morgan fingerprint density at radius 3 is 2.94 bits per heavy atom. The van der Waals surface area contributed by atoms with E-state index in [9.17, 15) is 9.59 Å². The van der Waals surface area contributed by atoms with Gasteiger partial charge in [0.2, 0.25) is 5.91 Å². The van der Waals surface area contributed by atoms with Crippen LogP contribution in [-0.2, 0) is 16.0 Å². The number of nitrogens with zero attached hydrogens (tertiary/aromatic N) is 1. The molecule has 7 heteroatoms. The van der Waals surface area contributed by atoms with E-state index >= 15 is 0 Å². The van der Waals surface area contributed by atoms with E-state index in [0.717, 1.165) is 10.8 Å². The first kappa shape index (κ1) is 15.0. The molecular weight excluding hydrogens is 272 g/mol. The highest BCUT2D eigenvalue weighted by molar-refractivity contribution is 8.02. The van der Waals surface area contributed by atoms with Gasteiger partial charge in [-0.3, -0.25) is 9.59 Å². The van der Waals surface area contributed by atoms with Crippen LogP contribution in [0.25, 0.3) is 0 Å². The summed E-state index contributed by atoms with van der Waals surface area (Å²) in [5.41, 5.74) is 0.538. The fraction of sp³-hybridized carbons (Fsp3) is 0.545. The lowest BCUT2D eigenvalue weighted by atomic mass is 10.3. The molecule has 0 bridgehead atoms. The Labute approximate surface area is 114 Å². The third-order valence-electron chi connectivity index (χ3n) is 2.06. The number of aromatic nitrogens is 1. The van der Waals surface area contributed by atoms with E-state index in [2.05, 4.69) is 10.3 Å². The largest absolute Gasteiger partial charge is 0.481 e. The van der Waals surface area contributed by atoms with Crippen LogP contribution in [0.3, 0.4) is 0 Å². The van der Waals surface area contributed by atoms with Crippen molar-refractivity contribution in [1.82, 2.24) is 10.3 Å². The van der Waals surface area contributed by atoms with Gasteiger partial charge in [0, 0.05) is 11.9 Å². The van der Waals surface area contributed by atoms with Gasteiger partial charge in [-0.05, 0) is 13.3 Å². The number of aliphatic carboxylic acids is 1. The SMILES string of the molecule is CCCNC(=O)C(C)Sc1nc(CC(=O)O)cs1. The predicted octanol–water partition coefficient (Wildman–Crippen LogP) is 1.78. The minimum Gasteiger partial charge on any atom is -0.481 e. The number of nitrogens with one attached hydrogen (secondary N) is 1. The zero-order chi connectivity index (χ0) is 13.5. The second-order valence-corrected chi connectivity index (χ2v) is 6.17. The zero-order valence-corrected chi connectivity index (χ0v) is 11.9. The lowest BCUT2D eigenvalue weighted by Gasteiger charge is -2.09. The van der Waals surface area contributed by atoms with Crippen LogP contribution < -0.4 is 5.32 Å². The maximum atomic E-state index is 11.6. The Hall–Kier alpha value is -1.08. The minimum atomic E-state index is -0.898. The number of thioether (sulfide) groups is 1. The summed E-state index contributed by atoms with van der Waals surface area (Å²) in [7, 11) is 0. The van der Waals surface area contributed by atoms with Crippen LogP contribution >= 0.6 is 23.1 Å². The average Bonchev–Trinajstić information content (AvgIpc) is 2.72. The van der Waals surface area contributed by atoms with E-state index in [4.69, 9.17) is 5.11 Å². The van der Waals surface area contributed by atoms with Crippen molar-refractivity contribution in [3.8, 4) is 0 Å². The van der Waals surface area contributed by atoms with Gasteiger partial charge < -0.3 is 10.4 Å². The Morgan fingerprint density at radius 1 is 1.61 bits per heavy atom. The second-order valence-electron chi connectivity index (χ2n) is 3.73. The van der Waals surface area contributed by atoms with Crippen LogP contribution in [0.2, 0.25) is 0 Å². The van der Waals surface area contributed by atoms with E-state index in [1.807, 2.05) is 13.8 Å². The number of rotatable bonds is 7. The molecule has 0 aromatic carbocycles. The second kappa shape index (κ2) is 7.38. The maximum Gasteiger partial charge on any atom is 0.309 e.